The number of ketones is 1. The van der Waals surface area contributed by atoms with Crippen LogP contribution in [0.5, 0.6) is 11.5 Å². The Morgan fingerprint density at radius 3 is 3.05 bits per heavy atom. The monoisotopic (exact) mass is 370 g/mol. The first-order valence-electron chi connectivity index (χ1n) is 7.77. The van der Waals surface area contributed by atoms with Gasteiger partial charge in [-0.05, 0) is 58.4 Å². The summed E-state index contributed by atoms with van der Waals surface area (Å²) < 4.78 is 34.8. The summed E-state index contributed by atoms with van der Waals surface area (Å²) in [4.78, 5) is 12.3. The van der Waals surface area contributed by atoms with E-state index in [2.05, 4.69) is 15.9 Å². The van der Waals surface area contributed by atoms with Crippen molar-refractivity contribution in [3.8, 4) is 11.5 Å². The summed E-state index contributed by atoms with van der Waals surface area (Å²) in [6, 6.07) is 8.36. The van der Waals surface area contributed by atoms with Gasteiger partial charge < -0.3 is 9.84 Å². The largest absolute Gasteiger partial charge is 0.506 e. The minimum absolute atomic E-state index is 0.00591. The van der Waals surface area contributed by atoms with Gasteiger partial charge >= 0.3 is 0 Å². The maximum atomic E-state index is 12.3. The summed E-state index contributed by atoms with van der Waals surface area (Å²) in [6.45, 7) is 0. The lowest BCUT2D eigenvalue weighted by Gasteiger charge is -2.05. The number of aromatic hydroxyl groups is 1. The Bertz CT molecular complexity index is 850. The molecule has 0 saturated carbocycles. The van der Waals surface area contributed by atoms with Crippen LogP contribution in [0.3, 0.4) is 0 Å². The van der Waals surface area contributed by atoms with E-state index >= 15 is 0 Å². The highest BCUT2D eigenvalue weighted by atomic mass is 79.9. The molecular weight excluding hydrogens is 356 g/mol. The Hall–Kier alpha value is -1.78. The fourth-order valence-corrected chi connectivity index (χ4v) is 2.16. The number of allylic oxidation sites excluding steroid dienone is 1. The first kappa shape index (κ1) is 10.9. The molecule has 2 rings (SSSR count). The van der Waals surface area contributed by atoms with Gasteiger partial charge in [0.15, 0.2) is 5.78 Å². The van der Waals surface area contributed by atoms with E-state index in [4.69, 9.17) is 21.8 Å². The summed E-state index contributed by atoms with van der Waals surface area (Å²) in [6.07, 6.45) is 0.969. The number of hydrogen-bond donors (Lipinski definition) is 1. The van der Waals surface area contributed by atoms with Gasteiger partial charge in [-0.3, -0.25) is 4.79 Å². The Balaban J connectivity index is 2.43. The number of rotatable bonds is 4. The quantitative estimate of drug-likeness (QED) is 0.625. The van der Waals surface area contributed by atoms with Gasteiger partial charge in [0, 0.05) is 10.6 Å². The average molecular weight is 372 g/mol. The molecule has 0 aliphatic rings. The van der Waals surface area contributed by atoms with Crippen LogP contribution in [-0.4, -0.2) is 17.9 Å². The van der Waals surface area contributed by atoms with Gasteiger partial charge in [0.1, 0.15) is 11.5 Å². The molecule has 0 unspecified atom stereocenters. The molecule has 0 aliphatic carbocycles. The second-order valence-corrected chi connectivity index (χ2v) is 5.32. The smallest absolute Gasteiger partial charge is 0.189 e. The normalized spacial score (nSPS) is 14.7. The third-order valence-electron chi connectivity index (χ3n) is 2.66. The highest BCUT2D eigenvalue weighted by molar-refractivity contribution is 9.10. The van der Waals surface area contributed by atoms with E-state index in [0.29, 0.717) is 4.47 Å². The van der Waals surface area contributed by atoms with Crippen LogP contribution >= 0.6 is 27.5 Å². The molecule has 0 aromatic heterocycles. The van der Waals surface area contributed by atoms with E-state index < -0.39 is 12.8 Å². The minimum atomic E-state index is -2.73. The molecule has 0 radical (unpaired) electrons. The molecule has 0 fully saturated rings. The summed E-state index contributed by atoms with van der Waals surface area (Å²) in [5.74, 6) is -0.995. The van der Waals surface area contributed by atoms with Crippen molar-refractivity contribution in [3.05, 3.63) is 63.1 Å². The zero-order chi connectivity index (χ0) is 18.8. The molecule has 108 valence electrons. The van der Waals surface area contributed by atoms with Crippen molar-refractivity contribution in [3.63, 3.8) is 0 Å². The molecule has 21 heavy (non-hydrogen) atoms. The molecule has 5 heteroatoms. The van der Waals surface area contributed by atoms with Gasteiger partial charge in [0.2, 0.25) is 0 Å². The summed E-state index contributed by atoms with van der Waals surface area (Å²) in [5, 5.41) is 10.1. The molecule has 0 amide bonds. The van der Waals surface area contributed by atoms with E-state index in [1.54, 1.807) is 12.1 Å². The number of phenolic OH excluding ortho intramolecular Hbond substituents is 1. The van der Waals surface area contributed by atoms with E-state index in [1.165, 1.54) is 24.3 Å². The molecule has 2 aromatic rings. The predicted molar refractivity (Wildman–Crippen MR) is 87.2 cm³/mol. The van der Waals surface area contributed by atoms with Gasteiger partial charge in [-0.15, -0.1) is 0 Å². The fourth-order valence-electron chi connectivity index (χ4n) is 1.64. The first-order valence-corrected chi connectivity index (χ1v) is 6.94. The number of benzene rings is 2. The Labute approximate surface area is 141 Å². The fraction of sp³-hybridized carbons (Fsp3) is 0.0625. The summed E-state index contributed by atoms with van der Waals surface area (Å²) in [7, 11) is -2.73. The van der Waals surface area contributed by atoms with Crippen LogP contribution in [-0.2, 0) is 0 Å². The third kappa shape index (κ3) is 3.65. The van der Waals surface area contributed by atoms with Crippen LogP contribution in [0.4, 0.5) is 0 Å². The molecular formula is C16H12BrClO3. The van der Waals surface area contributed by atoms with Gasteiger partial charge in [-0.1, -0.05) is 17.7 Å². The number of para-hydroxylation sites is 1. The van der Waals surface area contributed by atoms with E-state index in [0.717, 1.165) is 6.08 Å². The third-order valence-corrected chi connectivity index (χ3v) is 3.54. The number of carbonyl (C=O) groups is 1. The Kier molecular flexibility index (Phi) is 3.51. The molecule has 2 aromatic carbocycles. The van der Waals surface area contributed by atoms with Crippen molar-refractivity contribution >= 4 is 39.4 Å². The number of ether oxygens (including phenoxy) is 1. The van der Waals surface area contributed by atoms with Gasteiger partial charge in [0.25, 0.3) is 0 Å². The van der Waals surface area contributed by atoms with Crippen molar-refractivity contribution < 1.29 is 20.1 Å². The maximum absolute atomic E-state index is 12.3. The van der Waals surface area contributed by atoms with Crippen LogP contribution < -0.4 is 4.74 Å². The molecule has 0 spiro atoms. The number of halogens is 2. The minimum Gasteiger partial charge on any atom is -0.506 e. The lowest BCUT2D eigenvalue weighted by Crippen LogP contribution is -1.95. The highest BCUT2D eigenvalue weighted by Crippen LogP contribution is 2.29. The highest BCUT2D eigenvalue weighted by Gasteiger charge is 2.10. The second kappa shape index (κ2) is 6.78. The van der Waals surface area contributed by atoms with Crippen molar-refractivity contribution in [2.24, 2.45) is 0 Å². The summed E-state index contributed by atoms with van der Waals surface area (Å²) >= 11 is 8.95. The Morgan fingerprint density at radius 1 is 1.48 bits per heavy atom. The van der Waals surface area contributed by atoms with Crippen molar-refractivity contribution in [1.29, 1.82) is 0 Å². The van der Waals surface area contributed by atoms with Crippen molar-refractivity contribution in [2.45, 2.75) is 0 Å². The van der Waals surface area contributed by atoms with Crippen molar-refractivity contribution in [2.75, 3.05) is 7.04 Å². The summed E-state index contributed by atoms with van der Waals surface area (Å²) in [5.41, 5.74) is 0.0924. The molecule has 0 saturated heterocycles. The number of hydrogen-bond acceptors (Lipinski definition) is 3. The van der Waals surface area contributed by atoms with Crippen LogP contribution in [0, 0.1) is 0 Å². The predicted octanol–water partition coefficient (Wildman–Crippen LogP) is 4.71. The maximum Gasteiger partial charge on any atom is 0.189 e. The van der Waals surface area contributed by atoms with Crippen LogP contribution in [0.2, 0.25) is 5.02 Å². The van der Waals surface area contributed by atoms with Crippen molar-refractivity contribution in [1.82, 2.24) is 0 Å². The SMILES string of the molecule is [2H]C(=CC(=O)c1cccc(Br)c1O)c1ccc(Cl)cc1OC([2H])([2H])[2H]. The molecule has 1 N–H and O–H groups in total. The van der Waals surface area contributed by atoms with E-state index in [-0.39, 0.29) is 33.7 Å². The Morgan fingerprint density at radius 2 is 2.29 bits per heavy atom. The standard InChI is InChI=1S/C16H12BrClO3/c1-21-15-9-11(18)7-5-10(15)6-8-14(19)12-3-2-4-13(17)16(12)20/h2-9,20H,1H3/i1D3,6D. The van der Waals surface area contributed by atoms with Crippen LogP contribution in [0.15, 0.2) is 46.9 Å². The number of phenols is 1. The average Bonchev–Trinajstić information content (AvgIpc) is 2.48. The van der Waals surface area contributed by atoms with Gasteiger partial charge in [0.05, 0.1) is 22.6 Å². The second-order valence-electron chi connectivity index (χ2n) is 4.03. The van der Waals surface area contributed by atoms with Crippen LogP contribution in [0.1, 0.15) is 21.4 Å². The molecule has 3 nitrogen and oxygen atoms in total. The molecule has 0 atom stereocenters. The number of methoxy groups -OCH3 is 1. The molecule has 0 aliphatic heterocycles. The zero-order valence-corrected chi connectivity index (χ0v) is 12.9. The van der Waals surface area contributed by atoms with E-state index in [9.17, 15) is 9.90 Å². The van der Waals surface area contributed by atoms with E-state index in [1.807, 2.05) is 0 Å². The van der Waals surface area contributed by atoms with Crippen LogP contribution in [0.25, 0.3) is 6.05 Å². The van der Waals surface area contributed by atoms with Gasteiger partial charge in [-0.2, -0.15) is 0 Å². The zero-order valence-electron chi connectivity index (χ0n) is 14.6. The van der Waals surface area contributed by atoms with Gasteiger partial charge in [-0.25, -0.2) is 0 Å². The lowest BCUT2D eigenvalue weighted by atomic mass is 10.1. The number of carbonyl (C=O) groups excluding carboxylic acids is 1. The molecule has 0 bridgehead atoms. The lowest BCUT2D eigenvalue weighted by molar-refractivity contribution is 0.104. The topological polar surface area (TPSA) is 46.5 Å². The first-order chi connectivity index (χ1) is 11.6. The molecule has 0 heterocycles.